The Hall–Kier alpha value is -1.36. The molecule has 0 bridgehead atoms. The van der Waals surface area contributed by atoms with Crippen LogP contribution in [0.4, 0.5) is 8.78 Å². The van der Waals surface area contributed by atoms with E-state index in [4.69, 9.17) is 9.47 Å². The number of benzene rings is 1. The van der Waals surface area contributed by atoms with Gasteiger partial charge in [-0.25, -0.2) is 0 Å². The zero-order chi connectivity index (χ0) is 17.8. The molecule has 1 aromatic carbocycles. The smallest absolute Gasteiger partial charge is 0.387 e. The Morgan fingerprint density at radius 2 is 2.04 bits per heavy atom. The number of halogens is 3. The topological polar surface area (TPSA) is 64.1 Å². The summed E-state index contributed by atoms with van der Waals surface area (Å²) in [5.41, 5.74) is 0.548. The summed E-state index contributed by atoms with van der Waals surface area (Å²) in [5, 5.41) is 6.19. The fourth-order valence-electron chi connectivity index (χ4n) is 1.96. The van der Waals surface area contributed by atoms with Gasteiger partial charge in [0, 0.05) is 38.9 Å². The lowest BCUT2D eigenvalue weighted by Crippen LogP contribution is -2.37. The van der Waals surface area contributed by atoms with E-state index < -0.39 is 6.61 Å². The second-order valence-electron chi connectivity index (χ2n) is 4.76. The number of nitrogens with zero attached hydrogens (tertiary/aromatic N) is 1. The van der Waals surface area contributed by atoms with Crippen LogP contribution < -0.4 is 20.1 Å². The Morgan fingerprint density at radius 1 is 1.28 bits per heavy atom. The third kappa shape index (κ3) is 9.63. The van der Waals surface area contributed by atoms with Gasteiger partial charge in [-0.2, -0.15) is 8.78 Å². The predicted molar refractivity (Wildman–Crippen MR) is 104 cm³/mol. The third-order valence-electron chi connectivity index (χ3n) is 3.12. The minimum absolute atomic E-state index is 0. The van der Waals surface area contributed by atoms with Gasteiger partial charge in [0.1, 0.15) is 11.5 Å². The van der Waals surface area contributed by atoms with E-state index in [0.29, 0.717) is 37.0 Å². The summed E-state index contributed by atoms with van der Waals surface area (Å²) in [7, 11) is 3.15. The fourth-order valence-corrected chi connectivity index (χ4v) is 1.96. The average molecular weight is 473 g/mol. The molecule has 0 heterocycles. The number of hydrogen-bond acceptors (Lipinski definition) is 4. The number of guanidine groups is 1. The molecule has 144 valence electrons. The van der Waals surface area contributed by atoms with Crippen LogP contribution >= 0.6 is 24.0 Å². The molecule has 0 atom stereocenters. The Morgan fingerprint density at radius 3 is 2.64 bits per heavy atom. The van der Waals surface area contributed by atoms with E-state index in [1.807, 2.05) is 6.92 Å². The molecule has 0 aliphatic carbocycles. The normalized spacial score (nSPS) is 11.0. The van der Waals surface area contributed by atoms with Gasteiger partial charge in [0.2, 0.25) is 0 Å². The first-order valence-electron chi connectivity index (χ1n) is 7.74. The fraction of sp³-hybridized carbons (Fsp3) is 0.562. The van der Waals surface area contributed by atoms with Crippen molar-refractivity contribution in [1.29, 1.82) is 0 Å². The molecule has 0 aliphatic rings. The van der Waals surface area contributed by atoms with Gasteiger partial charge in [0.05, 0.1) is 7.11 Å². The number of ether oxygens (including phenoxy) is 3. The van der Waals surface area contributed by atoms with E-state index in [0.717, 1.165) is 6.42 Å². The standard InChI is InChI=1S/C16H25F2N3O3.HI/c1-4-23-9-5-8-20-16(19-2)21-11-12-10-13(22-3)6-7-14(12)24-15(17)18;/h6-7,10,15H,4-5,8-9,11H2,1-3H3,(H2,19,20,21);1H. The molecule has 9 heteroatoms. The SMILES string of the molecule is CCOCCCNC(=NC)NCc1cc(OC)ccc1OC(F)F.I. The number of alkyl halides is 2. The van der Waals surface area contributed by atoms with Gasteiger partial charge in [0.15, 0.2) is 5.96 Å². The number of aliphatic imine (C=N–C) groups is 1. The van der Waals surface area contributed by atoms with E-state index in [1.54, 1.807) is 19.2 Å². The van der Waals surface area contributed by atoms with Crippen molar-refractivity contribution >= 4 is 29.9 Å². The van der Waals surface area contributed by atoms with Crippen molar-refractivity contribution in [3.05, 3.63) is 23.8 Å². The van der Waals surface area contributed by atoms with Crippen molar-refractivity contribution in [3.63, 3.8) is 0 Å². The summed E-state index contributed by atoms with van der Waals surface area (Å²) >= 11 is 0. The first kappa shape index (κ1) is 23.6. The van der Waals surface area contributed by atoms with E-state index in [9.17, 15) is 8.78 Å². The molecule has 0 saturated carbocycles. The number of hydrogen-bond donors (Lipinski definition) is 2. The monoisotopic (exact) mass is 473 g/mol. The van der Waals surface area contributed by atoms with Crippen molar-refractivity contribution in [2.75, 3.05) is 33.9 Å². The van der Waals surface area contributed by atoms with Crippen LogP contribution in [0.25, 0.3) is 0 Å². The molecule has 25 heavy (non-hydrogen) atoms. The quantitative estimate of drug-likeness (QED) is 0.237. The predicted octanol–water partition coefficient (Wildman–Crippen LogP) is 3.01. The summed E-state index contributed by atoms with van der Waals surface area (Å²) in [4.78, 5) is 4.09. The van der Waals surface area contributed by atoms with Gasteiger partial charge in [-0.05, 0) is 31.5 Å². The lowest BCUT2D eigenvalue weighted by atomic mass is 10.2. The molecule has 0 aromatic heterocycles. The van der Waals surface area contributed by atoms with E-state index in [-0.39, 0.29) is 36.3 Å². The summed E-state index contributed by atoms with van der Waals surface area (Å²) in [6.45, 7) is 1.38. The molecule has 0 spiro atoms. The largest absolute Gasteiger partial charge is 0.497 e. The van der Waals surface area contributed by atoms with Crippen molar-refractivity contribution in [2.45, 2.75) is 26.5 Å². The van der Waals surface area contributed by atoms with Gasteiger partial charge in [-0.3, -0.25) is 4.99 Å². The molecule has 2 N–H and O–H groups in total. The first-order chi connectivity index (χ1) is 11.6. The molecule has 0 radical (unpaired) electrons. The van der Waals surface area contributed by atoms with Gasteiger partial charge < -0.3 is 24.8 Å². The van der Waals surface area contributed by atoms with E-state index >= 15 is 0 Å². The number of methoxy groups -OCH3 is 1. The Bertz CT molecular complexity index is 519. The van der Waals surface area contributed by atoms with Crippen molar-refractivity contribution in [1.82, 2.24) is 10.6 Å². The van der Waals surface area contributed by atoms with Gasteiger partial charge in [-0.1, -0.05) is 0 Å². The Kier molecular flexibility index (Phi) is 13.1. The van der Waals surface area contributed by atoms with Crippen LogP contribution in [0, 0.1) is 0 Å². The molecular weight excluding hydrogens is 447 g/mol. The highest BCUT2D eigenvalue weighted by Gasteiger charge is 2.11. The number of nitrogens with one attached hydrogen (secondary N) is 2. The molecule has 6 nitrogen and oxygen atoms in total. The maximum absolute atomic E-state index is 12.5. The van der Waals surface area contributed by atoms with Crippen molar-refractivity contribution in [3.8, 4) is 11.5 Å². The van der Waals surface area contributed by atoms with Crippen LogP contribution in [0.2, 0.25) is 0 Å². The summed E-state index contributed by atoms with van der Waals surface area (Å²) in [5.74, 6) is 1.23. The number of rotatable bonds is 10. The zero-order valence-electron chi connectivity index (χ0n) is 14.7. The molecule has 0 fully saturated rings. The maximum Gasteiger partial charge on any atom is 0.387 e. The lowest BCUT2D eigenvalue weighted by molar-refractivity contribution is -0.0504. The minimum atomic E-state index is -2.88. The second kappa shape index (κ2) is 13.9. The van der Waals surface area contributed by atoms with E-state index in [1.165, 1.54) is 13.2 Å². The van der Waals surface area contributed by atoms with Crippen LogP contribution in [0.15, 0.2) is 23.2 Å². The molecule has 0 unspecified atom stereocenters. The highest BCUT2D eigenvalue weighted by atomic mass is 127. The second-order valence-corrected chi connectivity index (χ2v) is 4.76. The highest BCUT2D eigenvalue weighted by molar-refractivity contribution is 14.0. The van der Waals surface area contributed by atoms with Crippen LogP contribution in [0.1, 0.15) is 18.9 Å². The van der Waals surface area contributed by atoms with Gasteiger partial charge in [-0.15, -0.1) is 24.0 Å². The van der Waals surface area contributed by atoms with Gasteiger partial charge in [0.25, 0.3) is 0 Å². The lowest BCUT2D eigenvalue weighted by Gasteiger charge is -2.15. The van der Waals surface area contributed by atoms with Crippen LogP contribution in [-0.2, 0) is 11.3 Å². The highest BCUT2D eigenvalue weighted by Crippen LogP contribution is 2.25. The molecule has 0 aliphatic heterocycles. The van der Waals surface area contributed by atoms with Crippen molar-refractivity contribution < 1.29 is 23.0 Å². The van der Waals surface area contributed by atoms with Crippen LogP contribution in [0.3, 0.4) is 0 Å². The Labute approximate surface area is 164 Å². The molecule has 0 saturated heterocycles. The van der Waals surface area contributed by atoms with E-state index in [2.05, 4.69) is 20.4 Å². The average Bonchev–Trinajstić information content (AvgIpc) is 2.58. The first-order valence-corrected chi connectivity index (χ1v) is 7.74. The maximum atomic E-state index is 12.5. The third-order valence-corrected chi connectivity index (χ3v) is 3.12. The minimum Gasteiger partial charge on any atom is -0.497 e. The van der Waals surface area contributed by atoms with Crippen molar-refractivity contribution in [2.24, 2.45) is 4.99 Å². The molecule has 0 amide bonds. The molecule has 1 aromatic rings. The van der Waals surface area contributed by atoms with Crippen LogP contribution in [0.5, 0.6) is 11.5 Å². The summed E-state index contributed by atoms with van der Waals surface area (Å²) in [6.07, 6.45) is 0.841. The zero-order valence-corrected chi connectivity index (χ0v) is 17.0. The molecule has 1 rings (SSSR count). The summed E-state index contributed by atoms with van der Waals surface area (Å²) < 4.78 is 39.9. The summed E-state index contributed by atoms with van der Waals surface area (Å²) in [6, 6.07) is 4.68. The van der Waals surface area contributed by atoms with Crippen LogP contribution in [-0.4, -0.2) is 46.5 Å². The van der Waals surface area contributed by atoms with Gasteiger partial charge >= 0.3 is 6.61 Å². The Balaban J connectivity index is 0.00000576. The molecular formula is C16H26F2IN3O3.